The van der Waals surface area contributed by atoms with Gasteiger partial charge in [-0.1, -0.05) is 58.0 Å². The van der Waals surface area contributed by atoms with E-state index in [4.69, 9.17) is 0 Å². The summed E-state index contributed by atoms with van der Waals surface area (Å²) in [5, 5.41) is 2.03. The monoisotopic (exact) mass is 376 g/mol. The molecule has 0 aromatic heterocycles. The van der Waals surface area contributed by atoms with Crippen LogP contribution in [0.2, 0.25) is 0 Å². The summed E-state index contributed by atoms with van der Waals surface area (Å²) < 4.78 is 26.3. The topological polar surface area (TPSA) is 40.6 Å². The zero-order valence-corrected chi connectivity index (χ0v) is 17.3. The van der Waals surface area contributed by atoms with Gasteiger partial charge in [0.15, 0.2) is 9.84 Å². The fraction of sp³-hybridized carbons (Fsp3) is 0.524. The smallest absolute Gasteiger partial charge is 0.179 e. The number of nitrogens with zero attached hydrogens (tertiary/aromatic N) is 2. The highest BCUT2D eigenvalue weighted by molar-refractivity contribution is 7.91. The molecule has 0 amide bonds. The molecule has 5 heteroatoms. The van der Waals surface area contributed by atoms with Gasteiger partial charge < -0.3 is 4.90 Å². The molecule has 2 rings (SSSR count). The lowest BCUT2D eigenvalue weighted by molar-refractivity contribution is 0.168. The minimum absolute atomic E-state index is 0.00127. The largest absolute Gasteiger partial charge is 0.302 e. The van der Waals surface area contributed by atoms with Crippen LogP contribution in [0.4, 0.5) is 0 Å². The molecule has 0 N–H and O–H groups in total. The second kappa shape index (κ2) is 9.49. The van der Waals surface area contributed by atoms with Crippen LogP contribution in [0.1, 0.15) is 27.7 Å². The summed E-state index contributed by atoms with van der Waals surface area (Å²) in [4.78, 5) is 4.99. The van der Waals surface area contributed by atoms with Gasteiger partial charge in [0, 0.05) is 12.6 Å². The molecule has 0 saturated carbocycles. The summed E-state index contributed by atoms with van der Waals surface area (Å²) in [6.07, 6.45) is 0. The molecule has 0 spiro atoms. The molecule has 0 saturated heterocycles. The molecule has 0 bridgehead atoms. The van der Waals surface area contributed by atoms with Crippen molar-refractivity contribution in [2.45, 2.75) is 38.6 Å². The van der Waals surface area contributed by atoms with Crippen molar-refractivity contribution in [2.24, 2.45) is 0 Å². The summed E-state index contributed by atoms with van der Waals surface area (Å²) in [7, 11) is -3.35. The third-order valence-corrected chi connectivity index (χ3v) is 6.98. The van der Waals surface area contributed by atoms with E-state index in [1.165, 1.54) is 0 Å². The molecule has 1 atom stereocenters. The Bertz CT molecular complexity index is 797. The van der Waals surface area contributed by atoms with Crippen molar-refractivity contribution in [3.63, 3.8) is 0 Å². The quantitative estimate of drug-likeness (QED) is 0.634. The van der Waals surface area contributed by atoms with Crippen LogP contribution in [-0.4, -0.2) is 62.7 Å². The Kier molecular flexibility index (Phi) is 7.62. The highest BCUT2D eigenvalue weighted by Gasteiger charge is 2.26. The summed E-state index contributed by atoms with van der Waals surface area (Å²) in [5.74, 6) is 0.156. The SMILES string of the molecule is CCN(CC)CC(CS(=O)(=O)c1ccc2ccccc2c1)N(CC)CC. The van der Waals surface area contributed by atoms with E-state index in [1.807, 2.05) is 30.3 Å². The Morgan fingerprint density at radius 3 is 2.04 bits per heavy atom. The zero-order chi connectivity index (χ0) is 19.2. The molecule has 0 fully saturated rings. The zero-order valence-electron chi connectivity index (χ0n) is 16.5. The molecule has 2 aromatic carbocycles. The summed E-state index contributed by atoms with van der Waals surface area (Å²) in [5.41, 5.74) is 0. The maximum Gasteiger partial charge on any atom is 0.179 e. The maximum atomic E-state index is 13.1. The van der Waals surface area contributed by atoms with Gasteiger partial charge >= 0.3 is 0 Å². The Morgan fingerprint density at radius 1 is 0.846 bits per heavy atom. The lowest BCUT2D eigenvalue weighted by Gasteiger charge is -2.33. The predicted molar refractivity (Wildman–Crippen MR) is 110 cm³/mol. The van der Waals surface area contributed by atoms with E-state index in [2.05, 4.69) is 37.5 Å². The van der Waals surface area contributed by atoms with Crippen molar-refractivity contribution in [1.82, 2.24) is 9.80 Å². The molecule has 4 nitrogen and oxygen atoms in total. The average Bonchev–Trinajstić information content (AvgIpc) is 2.66. The number of hydrogen-bond donors (Lipinski definition) is 0. The number of benzene rings is 2. The Morgan fingerprint density at radius 2 is 1.46 bits per heavy atom. The third kappa shape index (κ3) is 5.06. The van der Waals surface area contributed by atoms with Crippen LogP contribution in [0, 0.1) is 0 Å². The van der Waals surface area contributed by atoms with Crippen molar-refractivity contribution in [1.29, 1.82) is 0 Å². The first-order chi connectivity index (χ1) is 12.4. The second-order valence-electron chi connectivity index (χ2n) is 6.65. The average molecular weight is 377 g/mol. The predicted octanol–water partition coefficient (Wildman–Crippen LogP) is 3.67. The van der Waals surface area contributed by atoms with Gasteiger partial charge in [-0.25, -0.2) is 8.42 Å². The number of hydrogen-bond acceptors (Lipinski definition) is 4. The lowest BCUT2D eigenvalue weighted by Crippen LogP contribution is -2.47. The van der Waals surface area contributed by atoms with Crippen molar-refractivity contribution < 1.29 is 8.42 Å². The molecular weight excluding hydrogens is 344 g/mol. The van der Waals surface area contributed by atoms with Crippen LogP contribution in [0.25, 0.3) is 10.8 Å². The van der Waals surface area contributed by atoms with Crippen LogP contribution >= 0.6 is 0 Å². The van der Waals surface area contributed by atoms with Crippen molar-refractivity contribution in [2.75, 3.05) is 38.5 Å². The van der Waals surface area contributed by atoms with E-state index in [-0.39, 0.29) is 11.8 Å². The molecule has 1 unspecified atom stereocenters. The van der Waals surface area contributed by atoms with E-state index < -0.39 is 9.84 Å². The number of likely N-dealkylation sites (N-methyl/N-ethyl adjacent to an activating group) is 2. The first-order valence-electron chi connectivity index (χ1n) is 9.63. The van der Waals surface area contributed by atoms with Gasteiger partial charge in [-0.3, -0.25) is 4.90 Å². The fourth-order valence-corrected chi connectivity index (χ4v) is 5.10. The number of fused-ring (bicyclic) bond motifs is 1. The molecule has 144 valence electrons. The summed E-state index contributed by atoms with van der Waals surface area (Å²) in [6, 6.07) is 13.3. The van der Waals surface area contributed by atoms with Crippen LogP contribution in [0.15, 0.2) is 47.4 Å². The van der Waals surface area contributed by atoms with E-state index in [0.29, 0.717) is 4.90 Å². The molecule has 26 heavy (non-hydrogen) atoms. The first-order valence-corrected chi connectivity index (χ1v) is 11.3. The number of rotatable bonds is 10. The minimum atomic E-state index is -3.35. The van der Waals surface area contributed by atoms with Gasteiger partial charge in [-0.2, -0.15) is 0 Å². The lowest BCUT2D eigenvalue weighted by atomic mass is 10.1. The highest BCUT2D eigenvalue weighted by Crippen LogP contribution is 2.21. The first kappa shape index (κ1) is 20.9. The summed E-state index contributed by atoms with van der Waals surface area (Å²) >= 11 is 0. The van der Waals surface area contributed by atoms with Crippen molar-refractivity contribution in [3.8, 4) is 0 Å². The van der Waals surface area contributed by atoms with Gasteiger partial charge in [0.25, 0.3) is 0 Å². The Balaban J connectivity index is 2.30. The van der Waals surface area contributed by atoms with E-state index >= 15 is 0 Å². The van der Waals surface area contributed by atoms with Crippen molar-refractivity contribution in [3.05, 3.63) is 42.5 Å². The number of sulfone groups is 1. The standard InChI is InChI=1S/C21H32N2O2S/c1-5-22(6-2)16-20(23(7-3)8-4)17-26(24,25)21-14-13-18-11-9-10-12-19(18)15-21/h9-15,20H,5-8,16-17H2,1-4H3. The second-order valence-corrected chi connectivity index (χ2v) is 8.69. The third-order valence-electron chi connectivity index (χ3n) is 5.18. The van der Waals surface area contributed by atoms with Gasteiger partial charge in [0.2, 0.25) is 0 Å². The maximum absolute atomic E-state index is 13.1. The van der Waals surface area contributed by atoms with Gasteiger partial charge in [-0.05, 0) is 49.1 Å². The van der Waals surface area contributed by atoms with E-state index in [0.717, 1.165) is 43.5 Å². The minimum Gasteiger partial charge on any atom is -0.302 e. The Hall–Kier alpha value is -1.43. The highest BCUT2D eigenvalue weighted by atomic mass is 32.2. The van der Waals surface area contributed by atoms with E-state index in [1.54, 1.807) is 12.1 Å². The van der Waals surface area contributed by atoms with Crippen LogP contribution in [0.3, 0.4) is 0 Å². The van der Waals surface area contributed by atoms with Gasteiger partial charge in [0.1, 0.15) is 0 Å². The Labute approximate surface area is 158 Å². The fourth-order valence-electron chi connectivity index (χ4n) is 3.50. The molecular formula is C21H32N2O2S. The van der Waals surface area contributed by atoms with E-state index in [9.17, 15) is 8.42 Å². The molecule has 0 aliphatic rings. The van der Waals surface area contributed by atoms with Crippen LogP contribution < -0.4 is 0 Å². The molecule has 0 aliphatic heterocycles. The van der Waals surface area contributed by atoms with Gasteiger partial charge in [0.05, 0.1) is 10.6 Å². The normalized spacial score (nSPS) is 13.6. The van der Waals surface area contributed by atoms with Crippen LogP contribution in [0.5, 0.6) is 0 Å². The summed E-state index contributed by atoms with van der Waals surface area (Å²) in [6.45, 7) is 12.8. The molecule has 2 aromatic rings. The van der Waals surface area contributed by atoms with Crippen LogP contribution in [-0.2, 0) is 9.84 Å². The van der Waals surface area contributed by atoms with Gasteiger partial charge in [-0.15, -0.1) is 0 Å². The molecule has 0 heterocycles. The molecule has 0 aliphatic carbocycles. The van der Waals surface area contributed by atoms with Crippen molar-refractivity contribution >= 4 is 20.6 Å². The molecule has 0 radical (unpaired) electrons.